The van der Waals surface area contributed by atoms with Crippen LogP contribution in [0.1, 0.15) is 44.3 Å². The number of hydrogen-bond acceptors (Lipinski definition) is 3. The highest BCUT2D eigenvalue weighted by molar-refractivity contribution is 5.82. The third-order valence-corrected chi connectivity index (χ3v) is 5.00. The van der Waals surface area contributed by atoms with Crippen molar-refractivity contribution in [3.8, 4) is 0 Å². The van der Waals surface area contributed by atoms with E-state index in [2.05, 4.69) is 11.9 Å². The standard InChI is InChI=1S/C18H23NO2/c1-13-8-10-18(21-2,11-9-13)17(20)15-5-3-7-16-14(15)6-4-12-19-16/h3-7,12-13,17,20H,8-11H2,1-2H3. The molecule has 112 valence electrons. The number of aliphatic hydroxyl groups is 1. The van der Waals surface area contributed by atoms with Gasteiger partial charge in [-0.1, -0.05) is 25.1 Å². The third-order valence-electron chi connectivity index (χ3n) is 5.00. The van der Waals surface area contributed by atoms with Crippen LogP contribution < -0.4 is 0 Å². The lowest BCUT2D eigenvalue weighted by Crippen LogP contribution is -2.42. The number of hydrogen-bond donors (Lipinski definition) is 1. The molecule has 1 unspecified atom stereocenters. The fourth-order valence-corrected chi connectivity index (χ4v) is 3.49. The maximum Gasteiger partial charge on any atom is 0.109 e. The summed E-state index contributed by atoms with van der Waals surface area (Å²) < 4.78 is 5.82. The first kappa shape index (κ1) is 14.5. The van der Waals surface area contributed by atoms with Crippen LogP contribution >= 0.6 is 0 Å². The highest BCUT2D eigenvalue weighted by Gasteiger charge is 2.42. The number of rotatable bonds is 3. The van der Waals surface area contributed by atoms with Crippen molar-refractivity contribution >= 4 is 10.9 Å². The summed E-state index contributed by atoms with van der Waals surface area (Å²) >= 11 is 0. The summed E-state index contributed by atoms with van der Waals surface area (Å²) in [4.78, 5) is 4.38. The lowest BCUT2D eigenvalue weighted by molar-refractivity contribution is -0.130. The van der Waals surface area contributed by atoms with Gasteiger partial charge in [-0.05, 0) is 49.3 Å². The number of methoxy groups -OCH3 is 1. The predicted octanol–water partition coefficient (Wildman–Crippen LogP) is 3.86. The highest BCUT2D eigenvalue weighted by atomic mass is 16.5. The smallest absolute Gasteiger partial charge is 0.109 e. The summed E-state index contributed by atoms with van der Waals surface area (Å²) in [6.07, 6.45) is 5.20. The Hall–Kier alpha value is -1.45. The quantitative estimate of drug-likeness (QED) is 0.931. The summed E-state index contributed by atoms with van der Waals surface area (Å²) in [5, 5.41) is 12.0. The first-order valence-electron chi connectivity index (χ1n) is 7.73. The van der Waals surface area contributed by atoms with Gasteiger partial charge in [0, 0.05) is 18.7 Å². The van der Waals surface area contributed by atoms with E-state index < -0.39 is 11.7 Å². The van der Waals surface area contributed by atoms with Crippen LogP contribution in [0.4, 0.5) is 0 Å². The predicted molar refractivity (Wildman–Crippen MR) is 84.1 cm³/mol. The number of ether oxygens (including phenoxy) is 1. The second-order valence-electron chi connectivity index (χ2n) is 6.27. The zero-order valence-corrected chi connectivity index (χ0v) is 12.7. The number of pyridine rings is 1. The van der Waals surface area contributed by atoms with E-state index in [9.17, 15) is 5.11 Å². The molecule has 1 atom stereocenters. The Balaban J connectivity index is 2.01. The Morgan fingerprint density at radius 2 is 2.00 bits per heavy atom. The van der Waals surface area contributed by atoms with Crippen LogP contribution in [0.25, 0.3) is 10.9 Å². The molecular weight excluding hydrogens is 262 g/mol. The lowest BCUT2D eigenvalue weighted by atomic mass is 9.74. The largest absolute Gasteiger partial charge is 0.385 e. The second kappa shape index (κ2) is 5.74. The van der Waals surface area contributed by atoms with Gasteiger partial charge < -0.3 is 9.84 Å². The minimum atomic E-state index is -0.608. The van der Waals surface area contributed by atoms with E-state index in [1.54, 1.807) is 13.3 Å². The molecule has 0 amide bonds. The van der Waals surface area contributed by atoms with Crippen molar-refractivity contribution in [3.63, 3.8) is 0 Å². The molecule has 2 aromatic rings. The Morgan fingerprint density at radius 3 is 2.71 bits per heavy atom. The fraction of sp³-hybridized carbons (Fsp3) is 0.500. The Labute approximate surface area is 126 Å². The molecular formula is C18H23NO2. The first-order valence-corrected chi connectivity index (χ1v) is 7.73. The van der Waals surface area contributed by atoms with Crippen LogP contribution in [0, 0.1) is 5.92 Å². The van der Waals surface area contributed by atoms with Crippen molar-refractivity contribution < 1.29 is 9.84 Å². The number of benzene rings is 1. The molecule has 3 nitrogen and oxygen atoms in total. The molecule has 0 bridgehead atoms. The van der Waals surface area contributed by atoms with E-state index in [4.69, 9.17) is 4.74 Å². The number of fused-ring (bicyclic) bond motifs is 1. The van der Waals surface area contributed by atoms with Crippen LogP contribution in [-0.4, -0.2) is 22.8 Å². The molecule has 1 aromatic carbocycles. The van der Waals surface area contributed by atoms with Crippen LogP contribution in [0.2, 0.25) is 0 Å². The number of aliphatic hydroxyl groups excluding tert-OH is 1. The maximum absolute atomic E-state index is 11.0. The molecule has 1 aliphatic rings. The van der Waals surface area contributed by atoms with Gasteiger partial charge in [0.1, 0.15) is 6.10 Å². The monoisotopic (exact) mass is 285 g/mol. The summed E-state index contributed by atoms with van der Waals surface area (Å²) in [5.74, 6) is 0.717. The molecule has 21 heavy (non-hydrogen) atoms. The molecule has 1 saturated carbocycles. The molecule has 1 aliphatic carbocycles. The maximum atomic E-state index is 11.0. The highest BCUT2D eigenvalue weighted by Crippen LogP contribution is 2.44. The first-order chi connectivity index (χ1) is 10.2. The zero-order chi connectivity index (χ0) is 14.9. The van der Waals surface area contributed by atoms with E-state index in [0.717, 1.165) is 48.1 Å². The Morgan fingerprint density at radius 1 is 1.24 bits per heavy atom. The second-order valence-corrected chi connectivity index (χ2v) is 6.27. The zero-order valence-electron chi connectivity index (χ0n) is 12.7. The molecule has 1 fully saturated rings. The molecule has 0 saturated heterocycles. The van der Waals surface area contributed by atoms with Crippen molar-refractivity contribution in [2.45, 2.75) is 44.3 Å². The van der Waals surface area contributed by atoms with Gasteiger partial charge in [-0.3, -0.25) is 4.98 Å². The van der Waals surface area contributed by atoms with Gasteiger partial charge in [0.2, 0.25) is 0 Å². The van der Waals surface area contributed by atoms with E-state index in [0.29, 0.717) is 0 Å². The van der Waals surface area contributed by atoms with Gasteiger partial charge in [0.25, 0.3) is 0 Å². The minimum Gasteiger partial charge on any atom is -0.385 e. The van der Waals surface area contributed by atoms with Crippen LogP contribution in [0.5, 0.6) is 0 Å². The molecule has 0 aliphatic heterocycles. The summed E-state index contributed by atoms with van der Waals surface area (Å²) in [6.45, 7) is 2.27. The van der Waals surface area contributed by atoms with Crippen molar-refractivity contribution in [2.75, 3.05) is 7.11 Å². The normalized spacial score (nSPS) is 27.7. The molecule has 1 N–H and O–H groups in total. The van der Waals surface area contributed by atoms with Crippen molar-refractivity contribution in [3.05, 3.63) is 42.1 Å². The third kappa shape index (κ3) is 2.56. The minimum absolute atomic E-state index is 0.462. The van der Waals surface area contributed by atoms with Gasteiger partial charge in [-0.15, -0.1) is 0 Å². The number of aromatic nitrogens is 1. The van der Waals surface area contributed by atoms with Crippen LogP contribution in [0.3, 0.4) is 0 Å². The van der Waals surface area contributed by atoms with Gasteiger partial charge in [0.05, 0.1) is 11.1 Å². The average molecular weight is 285 g/mol. The van der Waals surface area contributed by atoms with E-state index >= 15 is 0 Å². The van der Waals surface area contributed by atoms with Crippen molar-refractivity contribution in [2.24, 2.45) is 5.92 Å². The molecule has 0 radical (unpaired) electrons. The molecule has 1 heterocycles. The molecule has 0 spiro atoms. The topological polar surface area (TPSA) is 42.4 Å². The Bertz CT molecular complexity index is 612. The van der Waals surface area contributed by atoms with Crippen LogP contribution in [-0.2, 0) is 4.74 Å². The molecule has 1 aromatic heterocycles. The van der Waals surface area contributed by atoms with Gasteiger partial charge >= 0.3 is 0 Å². The van der Waals surface area contributed by atoms with E-state index in [-0.39, 0.29) is 0 Å². The van der Waals surface area contributed by atoms with Gasteiger partial charge in [-0.25, -0.2) is 0 Å². The van der Waals surface area contributed by atoms with Crippen molar-refractivity contribution in [1.82, 2.24) is 4.98 Å². The summed E-state index contributed by atoms with van der Waals surface area (Å²) in [7, 11) is 1.72. The SMILES string of the molecule is COC1(C(O)c2cccc3ncccc23)CCC(C)CC1. The van der Waals surface area contributed by atoms with E-state index in [1.165, 1.54) is 0 Å². The lowest BCUT2D eigenvalue weighted by Gasteiger charge is -2.42. The number of nitrogens with zero attached hydrogens (tertiary/aromatic N) is 1. The summed E-state index contributed by atoms with van der Waals surface area (Å²) in [6, 6.07) is 9.88. The summed E-state index contributed by atoms with van der Waals surface area (Å²) in [5.41, 5.74) is 1.39. The van der Waals surface area contributed by atoms with E-state index in [1.807, 2.05) is 30.3 Å². The van der Waals surface area contributed by atoms with Gasteiger partial charge in [0.15, 0.2) is 0 Å². The fourth-order valence-electron chi connectivity index (χ4n) is 3.49. The van der Waals surface area contributed by atoms with Crippen LogP contribution in [0.15, 0.2) is 36.5 Å². The van der Waals surface area contributed by atoms with Gasteiger partial charge in [-0.2, -0.15) is 0 Å². The van der Waals surface area contributed by atoms with Crippen molar-refractivity contribution in [1.29, 1.82) is 0 Å². The average Bonchev–Trinajstić information content (AvgIpc) is 2.55. The molecule has 3 rings (SSSR count). The Kier molecular flexibility index (Phi) is 3.96. The molecule has 3 heteroatoms.